The zero-order valence-corrected chi connectivity index (χ0v) is 8.17. The molecule has 0 aliphatic heterocycles. The quantitative estimate of drug-likeness (QED) is 0.250. The molecule has 1 heterocycles. The van der Waals surface area contributed by atoms with Crippen LogP contribution in [-0.4, -0.2) is 18.0 Å². The Morgan fingerprint density at radius 3 is 2.81 bits per heavy atom. The molecule has 0 bridgehead atoms. The van der Waals surface area contributed by atoms with Crippen LogP contribution in [0.15, 0.2) is 22.1 Å². The Hall–Kier alpha value is -2.62. The lowest BCUT2D eigenvalue weighted by molar-refractivity contribution is -0.402. The Labute approximate surface area is 89.7 Å². The van der Waals surface area contributed by atoms with E-state index in [9.17, 15) is 14.9 Å². The minimum absolute atomic E-state index is 0.0358. The molecule has 0 aliphatic carbocycles. The third kappa shape index (κ3) is 2.45. The number of furan rings is 1. The lowest BCUT2D eigenvalue weighted by Gasteiger charge is -1.93. The lowest BCUT2D eigenvalue weighted by Crippen LogP contribution is -2.02. The first-order valence-corrected chi connectivity index (χ1v) is 4.03. The van der Waals surface area contributed by atoms with Crippen molar-refractivity contribution in [3.05, 3.63) is 33.6 Å². The average molecular weight is 222 g/mol. The van der Waals surface area contributed by atoms with Gasteiger partial charge in [-0.05, 0) is 6.07 Å². The van der Waals surface area contributed by atoms with Gasteiger partial charge in [-0.15, -0.1) is 0 Å². The van der Waals surface area contributed by atoms with E-state index in [0.29, 0.717) is 0 Å². The van der Waals surface area contributed by atoms with E-state index in [1.54, 1.807) is 6.07 Å². The monoisotopic (exact) mass is 222 g/mol. The molecule has 82 valence electrons. The van der Waals surface area contributed by atoms with Crippen molar-refractivity contribution >= 4 is 17.9 Å². The van der Waals surface area contributed by atoms with E-state index in [4.69, 9.17) is 9.68 Å². The second kappa shape index (κ2) is 4.75. The van der Waals surface area contributed by atoms with Crippen LogP contribution in [0.5, 0.6) is 0 Å². The maximum absolute atomic E-state index is 11.0. The van der Waals surface area contributed by atoms with E-state index in [1.807, 2.05) is 0 Å². The Balaban J connectivity index is 3.01. The topological polar surface area (TPSA) is 106 Å². The predicted molar refractivity (Wildman–Crippen MR) is 51.0 cm³/mol. The van der Waals surface area contributed by atoms with Crippen LogP contribution in [0.3, 0.4) is 0 Å². The van der Waals surface area contributed by atoms with E-state index in [-0.39, 0.29) is 11.3 Å². The van der Waals surface area contributed by atoms with E-state index in [1.165, 1.54) is 6.07 Å². The molecule has 0 saturated carbocycles. The molecular formula is C9H6N2O5. The summed E-state index contributed by atoms with van der Waals surface area (Å²) in [4.78, 5) is 20.6. The Morgan fingerprint density at radius 1 is 1.69 bits per heavy atom. The van der Waals surface area contributed by atoms with Crippen molar-refractivity contribution in [2.24, 2.45) is 0 Å². The van der Waals surface area contributed by atoms with Crippen LogP contribution in [0, 0.1) is 21.4 Å². The molecule has 0 spiro atoms. The molecule has 16 heavy (non-hydrogen) atoms. The van der Waals surface area contributed by atoms with Crippen LogP contribution in [0.2, 0.25) is 0 Å². The number of rotatable bonds is 3. The number of nitro groups is 1. The number of nitrogens with zero attached hydrogens (tertiary/aromatic N) is 2. The Morgan fingerprint density at radius 2 is 2.38 bits per heavy atom. The summed E-state index contributed by atoms with van der Waals surface area (Å²) in [6.45, 7) is 0. The fourth-order valence-corrected chi connectivity index (χ4v) is 0.907. The van der Waals surface area contributed by atoms with E-state index in [2.05, 4.69) is 4.74 Å². The highest BCUT2D eigenvalue weighted by Gasteiger charge is 2.13. The SMILES string of the molecule is COC(=O)/C(C#N)=C\c1ccc([N+](=O)[O-])o1. The van der Waals surface area contributed by atoms with Gasteiger partial charge in [0.1, 0.15) is 22.3 Å². The Bertz CT molecular complexity index is 494. The highest BCUT2D eigenvalue weighted by atomic mass is 16.6. The number of methoxy groups -OCH3 is 1. The van der Waals surface area contributed by atoms with Crippen LogP contribution in [-0.2, 0) is 9.53 Å². The van der Waals surface area contributed by atoms with Gasteiger partial charge in [-0.3, -0.25) is 10.1 Å². The third-order valence-electron chi connectivity index (χ3n) is 1.60. The maximum Gasteiger partial charge on any atom is 0.433 e. The van der Waals surface area contributed by atoms with Crippen LogP contribution in [0.25, 0.3) is 6.08 Å². The van der Waals surface area contributed by atoms with Gasteiger partial charge >= 0.3 is 11.9 Å². The van der Waals surface area contributed by atoms with Crippen molar-refractivity contribution in [1.29, 1.82) is 5.26 Å². The maximum atomic E-state index is 11.0. The fourth-order valence-electron chi connectivity index (χ4n) is 0.907. The standard InChI is InChI=1S/C9H6N2O5/c1-15-9(12)6(5-10)4-7-2-3-8(16-7)11(13)14/h2-4H,1H3/b6-4-. The number of carbonyl (C=O) groups excluding carboxylic acids is 1. The number of hydrogen-bond donors (Lipinski definition) is 0. The highest BCUT2D eigenvalue weighted by molar-refractivity contribution is 5.97. The van der Waals surface area contributed by atoms with Crippen molar-refractivity contribution < 1.29 is 18.9 Å². The molecule has 0 amide bonds. The molecule has 0 unspecified atom stereocenters. The molecular weight excluding hydrogens is 216 g/mol. The minimum Gasteiger partial charge on any atom is -0.465 e. The second-order valence-electron chi connectivity index (χ2n) is 2.59. The Kier molecular flexibility index (Phi) is 3.40. The molecule has 0 atom stereocenters. The molecule has 0 aromatic carbocycles. The van der Waals surface area contributed by atoms with Gasteiger partial charge in [0.25, 0.3) is 0 Å². The summed E-state index contributed by atoms with van der Waals surface area (Å²) in [6, 6.07) is 4.00. The van der Waals surface area contributed by atoms with E-state index >= 15 is 0 Å². The van der Waals surface area contributed by atoms with Crippen LogP contribution in [0.4, 0.5) is 5.88 Å². The molecule has 0 aliphatic rings. The molecule has 0 saturated heterocycles. The number of esters is 1. The molecule has 1 aromatic heterocycles. The lowest BCUT2D eigenvalue weighted by atomic mass is 10.2. The van der Waals surface area contributed by atoms with Gasteiger partial charge in [-0.2, -0.15) is 5.26 Å². The van der Waals surface area contributed by atoms with Crippen molar-refractivity contribution in [2.45, 2.75) is 0 Å². The van der Waals surface area contributed by atoms with Crippen molar-refractivity contribution in [2.75, 3.05) is 7.11 Å². The number of carbonyl (C=O) groups is 1. The summed E-state index contributed by atoms with van der Waals surface area (Å²) in [5.74, 6) is -1.26. The van der Waals surface area contributed by atoms with Gasteiger partial charge in [0.05, 0.1) is 13.2 Å². The smallest absolute Gasteiger partial charge is 0.433 e. The van der Waals surface area contributed by atoms with Gasteiger partial charge in [-0.25, -0.2) is 4.79 Å². The van der Waals surface area contributed by atoms with Gasteiger partial charge in [-0.1, -0.05) is 0 Å². The third-order valence-corrected chi connectivity index (χ3v) is 1.60. The largest absolute Gasteiger partial charge is 0.465 e. The summed E-state index contributed by atoms with van der Waals surface area (Å²) in [5.41, 5.74) is -0.299. The predicted octanol–water partition coefficient (Wildman–Crippen LogP) is 1.27. The molecule has 0 radical (unpaired) electrons. The highest BCUT2D eigenvalue weighted by Crippen LogP contribution is 2.18. The molecule has 1 rings (SSSR count). The molecule has 7 nitrogen and oxygen atoms in total. The summed E-state index contributed by atoms with van der Waals surface area (Å²) in [7, 11) is 1.12. The van der Waals surface area contributed by atoms with Gasteiger partial charge in [0.15, 0.2) is 0 Å². The molecule has 7 heteroatoms. The molecule has 0 N–H and O–H groups in total. The first-order valence-electron chi connectivity index (χ1n) is 4.03. The van der Waals surface area contributed by atoms with Crippen molar-refractivity contribution in [1.82, 2.24) is 0 Å². The van der Waals surface area contributed by atoms with Crippen LogP contribution >= 0.6 is 0 Å². The fraction of sp³-hybridized carbons (Fsp3) is 0.111. The first kappa shape index (κ1) is 11.5. The normalized spacial score (nSPS) is 10.6. The minimum atomic E-state index is -0.832. The zero-order chi connectivity index (χ0) is 12.1. The summed E-state index contributed by atoms with van der Waals surface area (Å²) >= 11 is 0. The first-order chi connectivity index (χ1) is 7.58. The summed E-state index contributed by atoms with van der Waals surface area (Å²) in [6.07, 6.45) is 1.07. The zero-order valence-electron chi connectivity index (χ0n) is 8.17. The van der Waals surface area contributed by atoms with Gasteiger partial charge < -0.3 is 9.15 Å². The average Bonchev–Trinajstić information content (AvgIpc) is 2.73. The molecule has 0 fully saturated rings. The van der Waals surface area contributed by atoms with E-state index < -0.39 is 16.8 Å². The van der Waals surface area contributed by atoms with E-state index in [0.717, 1.165) is 19.3 Å². The van der Waals surface area contributed by atoms with Gasteiger partial charge in [0, 0.05) is 6.08 Å². The molecule has 1 aromatic rings. The van der Waals surface area contributed by atoms with Crippen LogP contribution in [0.1, 0.15) is 5.76 Å². The van der Waals surface area contributed by atoms with Gasteiger partial charge in [0.2, 0.25) is 0 Å². The number of ether oxygens (including phenoxy) is 1. The van der Waals surface area contributed by atoms with Crippen molar-refractivity contribution in [3.63, 3.8) is 0 Å². The number of hydrogen-bond acceptors (Lipinski definition) is 6. The second-order valence-corrected chi connectivity index (χ2v) is 2.59. The summed E-state index contributed by atoms with van der Waals surface area (Å²) in [5, 5.41) is 18.9. The summed E-state index contributed by atoms with van der Waals surface area (Å²) < 4.78 is 9.06. The van der Waals surface area contributed by atoms with Crippen LogP contribution < -0.4 is 0 Å². The van der Waals surface area contributed by atoms with Crippen molar-refractivity contribution in [3.8, 4) is 6.07 Å². The number of nitriles is 1.